The van der Waals surface area contributed by atoms with E-state index >= 15 is 0 Å². The van der Waals surface area contributed by atoms with Gasteiger partial charge in [0.25, 0.3) is 0 Å². The number of anilines is 1. The van der Waals surface area contributed by atoms with Crippen molar-refractivity contribution in [1.29, 1.82) is 0 Å². The van der Waals surface area contributed by atoms with Crippen LogP contribution in [0.5, 0.6) is 0 Å². The molecule has 1 fully saturated rings. The lowest BCUT2D eigenvalue weighted by molar-refractivity contribution is -0.140. The largest absolute Gasteiger partial charge is 0.352 e. The van der Waals surface area contributed by atoms with Crippen molar-refractivity contribution >= 4 is 17.5 Å². The van der Waals surface area contributed by atoms with E-state index < -0.39 is 5.41 Å². The maximum atomic E-state index is 13.0. The van der Waals surface area contributed by atoms with Gasteiger partial charge in [0, 0.05) is 18.3 Å². The van der Waals surface area contributed by atoms with Gasteiger partial charge in [0.1, 0.15) is 5.41 Å². The van der Waals surface area contributed by atoms with Crippen molar-refractivity contribution in [3.63, 3.8) is 0 Å². The molecule has 1 aliphatic heterocycles. The molecule has 0 spiro atoms. The van der Waals surface area contributed by atoms with Crippen molar-refractivity contribution in [3.8, 4) is 0 Å². The van der Waals surface area contributed by atoms with E-state index in [1.165, 1.54) is 24.8 Å². The highest BCUT2D eigenvalue weighted by Crippen LogP contribution is 2.32. The minimum absolute atomic E-state index is 0.101. The van der Waals surface area contributed by atoms with Crippen molar-refractivity contribution < 1.29 is 9.59 Å². The van der Waals surface area contributed by atoms with Crippen molar-refractivity contribution in [2.45, 2.75) is 58.4 Å². The predicted molar refractivity (Wildman–Crippen MR) is 91.3 cm³/mol. The first-order chi connectivity index (χ1) is 11.0. The molecular weight excluding hydrogens is 288 g/mol. The van der Waals surface area contributed by atoms with Gasteiger partial charge in [-0.15, -0.1) is 0 Å². The van der Waals surface area contributed by atoms with Gasteiger partial charge in [-0.2, -0.15) is 0 Å². The molecule has 1 aromatic rings. The molecule has 0 atom stereocenters. The number of fused-ring (bicyclic) bond motifs is 1. The summed E-state index contributed by atoms with van der Waals surface area (Å²) < 4.78 is 0. The molecule has 3 rings (SSSR count). The number of benzene rings is 1. The molecule has 4 heteroatoms. The number of hydrogen-bond donors (Lipinski definition) is 1. The zero-order valence-corrected chi connectivity index (χ0v) is 14.1. The van der Waals surface area contributed by atoms with E-state index in [1.807, 2.05) is 18.2 Å². The fourth-order valence-corrected chi connectivity index (χ4v) is 3.60. The number of rotatable bonds is 3. The van der Waals surface area contributed by atoms with E-state index in [1.54, 1.807) is 18.7 Å². The Kier molecular flexibility index (Phi) is 4.42. The van der Waals surface area contributed by atoms with Gasteiger partial charge in [-0.1, -0.05) is 37.5 Å². The summed E-state index contributed by atoms with van der Waals surface area (Å²) in [7, 11) is 0. The van der Waals surface area contributed by atoms with Crippen molar-refractivity contribution in [3.05, 3.63) is 29.8 Å². The van der Waals surface area contributed by atoms with Crippen LogP contribution in [0.4, 0.5) is 5.69 Å². The Labute approximate surface area is 138 Å². The van der Waals surface area contributed by atoms with Gasteiger partial charge in [0.05, 0.1) is 0 Å². The minimum Gasteiger partial charge on any atom is -0.352 e. The third kappa shape index (κ3) is 3.12. The third-order valence-electron chi connectivity index (χ3n) is 5.18. The zero-order valence-electron chi connectivity index (χ0n) is 14.1. The highest BCUT2D eigenvalue weighted by molar-refractivity contribution is 6.11. The van der Waals surface area contributed by atoms with Crippen molar-refractivity contribution in [1.82, 2.24) is 5.32 Å². The Morgan fingerprint density at radius 3 is 2.57 bits per heavy atom. The normalized spacial score (nSPS) is 18.6. The van der Waals surface area contributed by atoms with E-state index in [9.17, 15) is 9.59 Å². The summed E-state index contributed by atoms with van der Waals surface area (Å²) in [6.45, 7) is 4.15. The summed E-state index contributed by atoms with van der Waals surface area (Å²) in [5.74, 6) is -0.241. The van der Waals surface area contributed by atoms with Crippen LogP contribution in [0.1, 0.15) is 51.5 Å². The van der Waals surface area contributed by atoms with Crippen molar-refractivity contribution in [2.75, 3.05) is 11.4 Å². The van der Waals surface area contributed by atoms with E-state index in [-0.39, 0.29) is 17.9 Å². The second-order valence-corrected chi connectivity index (χ2v) is 7.27. The Balaban J connectivity index is 1.71. The quantitative estimate of drug-likeness (QED) is 0.872. The molecule has 0 bridgehead atoms. The molecule has 2 amide bonds. The Morgan fingerprint density at radius 1 is 1.13 bits per heavy atom. The standard InChI is InChI=1S/C19H26N2O2/c1-19(2,17(22)20-15-9-4-3-5-10-15)18(23)21-13-12-14-8-6-7-11-16(14)21/h6-8,11,15H,3-5,9-10,12-13H2,1-2H3,(H,20,22). The number of para-hydroxylation sites is 1. The van der Waals surface area contributed by atoms with Gasteiger partial charge in [-0.25, -0.2) is 0 Å². The van der Waals surface area contributed by atoms with Crippen LogP contribution >= 0.6 is 0 Å². The number of nitrogens with zero attached hydrogens (tertiary/aromatic N) is 1. The second-order valence-electron chi connectivity index (χ2n) is 7.27. The number of nitrogens with one attached hydrogen (secondary N) is 1. The van der Waals surface area contributed by atoms with Crippen LogP contribution in [0.15, 0.2) is 24.3 Å². The van der Waals surface area contributed by atoms with E-state index in [2.05, 4.69) is 11.4 Å². The van der Waals surface area contributed by atoms with Gasteiger partial charge < -0.3 is 10.2 Å². The molecule has 0 radical (unpaired) electrons. The fraction of sp³-hybridized carbons (Fsp3) is 0.579. The van der Waals surface area contributed by atoms with Crippen LogP contribution in [0.3, 0.4) is 0 Å². The molecule has 1 saturated carbocycles. The lowest BCUT2D eigenvalue weighted by atomic mass is 9.88. The molecule has 4 nitrogen and oxygen atoms in total. The first-order valence-corrected chi connectivity index (χ1v) is 8.71. The summed E-state index contributed by atoms with van der Waals surface area (Å²) in [6.07, 6.45) is 6.50. The third-order valence-corrected chi connectivity index (χ3v) is 5.18. The van der Waals surface area contributed by atoms with E-state index in [0.29, 0.717) is 6.54 Å². The zero-order chi connectivity index (χ0) is 16.4. The number of amides is 2. The van der Waals surface area contributed by atoms with Crippen molar-refractivity contribution in [2.24, 2.45) is 5.41 Å². The van der Waals surface area contributed by atoms with Crippen LogP contribution in [0, 0.1) is 5.41 Å². The first-order valence-electron chi connectivity index (χ1n) is 8.71. The average molecular weight is 314 g/mol. The molecule has 1 aromatic carbocycles. The topological polar surface area (TPSA) is 49.4 Å². The summed E-state index contributed by atoms with van der Waals surface area (Å²) >= 11 is 0. The van der Waals surface area contributed by atoms with Gasteiger partial charge in [-0.05, 0) is 44.7 Å². The summed E-state index contributed by atoms with van der Waals surface area (Å²) in [4.78, 5) is 27.4. The maximum absolute atomic E-state index is 13.0. The number of carbonyl (C=O) groups is 2. The number of hydrogen-bond acceptors (Lipinski definition) is 2. The maximum Gasteiger partial charge on any atom is 0.242 e. The SMILES string of the molecule is CC(C)(C(=O)NC1CCCCC1)C(=O)N1CCc2ccccc21. The summed E-state index contributed by atoms with van der Waals surface area (Å²) in [6, 6.07) is 8.19. The summed E-state index contributed by atoms with van der Waals surface area (Å²) in [5, 5.41) is 3.10. The highest BCUT2D eigenvalue weighted by atomic mass is 16.2. The lowest BCUT2D eigenvalue weighted by Gasteiger charge is -2.31. The van der Waals surface area contributed by atoms with Crippen LogP contribution < -0.4 is 10.2 Å². The Hall–Kier alpha value is -1.84. The molecule has 0 aromatic heterocycles. The molecule has 1 N–H and O–H groups in total. The Bertz CT molecular complexity index is 603. The monoisotopic (exact) mass is 314 g/mol. The molecule has 2 aliphatic rings. The first kappa shape index (κ1) is 16.0. The smallest absolute Gasteiger partial charge is 0.242 e. The number of carbonyl (C=O) groups excluding carboxylic acids is 2. The molecule has 23 heavy (non-hydrogen) atoms. The molecular formula is C19H26N2O2. The minimum atomic E-state index is -1.03. The average Bonchev–Trinajstić information content (AvgIpc) is 2.99. The Morgan fingerprint density at radius 2 is 1.83 bits per heavy atom. The molecule has 1 aliphatic carbocycles. The van der Waals surface area contributed by atoms with Crippen LogP contribution in [0.2, 0.25) is 0 Å². The second kappa shape index (κ2) is 6.34. The van der Waals surface area contributed by atoms with E-state index in [4.69, 9.17) is 0 Å². The molecule has 0 unspecified atom stereocenters. The fourth-order valence-electron chi connectivity index (χ4n) is 3.60. The van der Waals surface area contributed by atoms with Gasteiger partial charge >= 0.3 is 0 Å². The van der Waals surface area contributed by atoms with E-state index in [0.717, 1.165) is 24.9 Å². The van der Waals surface area contributed by atoms with Gasteiger partial charge in [0.2, 0.25) is 11.8 Å². The van der Waals surface area contributed by atoms with Crippen LogP contribution in [-0.4, -0.2) is 24.4 Å². The van der Waals surface area contributed by atoms with Crippen LogP contribution in [0.25, 0.3) is 0 Å². The lowest BCUT2D eigenvalue weighted by Crippen LogP contribution is -2.51. The summed E-state index contributed by atoms with van der Waals surface area (Å²) in [5.41, 5.74) is 1.11. The van der Waals surface area contributed by atoms with Gasteiger partial charge in [0.15, 0.2) is 0 Å². The van der Waals surface area contributed by atoms with Crippen LogP contribution in [-0.2, 0) is 16.0 Å². The predicted octanol–water partition coefficient (Wildman–Crippen LogP) is 3.05. The molecule has 0 saturated heterocycles. The molecule has 1 heterocycles. The molecule has 124 valence electrons. The highest BCUT2D eigenvalue weighted by Gasteiger charge is 2.42. The van der Waals surface area contributed by atoms with Gasteiger partial charge in [-0.3, -0.25) is 9.59 Å².